The lowest BCUT2D eigenvalue weighted by atomic mass is 10.4. The van der Waals surface area contributed by atoms with Gasteiger partial charge in [0.2, 0.25) is 0 Å². The minimum atomic E-state index is -0.565. The predicted molar refractivity (Wildman–Crippen MR) is 22.4 cm³/mol. The van der Waals surface area contributed by atoms with Crippen LogP contribution in [0.5, 0.6) is 0 Å². The zero-order valence-electron chi connectivity index (χ0n) is 3.58. The molecule has 0 aromatic carbocycles. The molecule has 1 aliphatic heterocycles. The molecule has 1 heterocycles. The Kier molecular flexibility index (Phi) is 1.05. The molecule has 0 aliphatic carbocycles. The fourth-order valence-corrected chi connectivity index (χ4v) is 0.619. The number of halogens is 1. The van der Waals surface area contributed by atoms with E-state index in [0.717, 1.165) is 6.54 Å². The quantitative estimate of drug-likeness (QED) is 0.450. The number of nitrogens with one attached hydrogen (secondary N) is 1. The summed E-state index contributed by atoms with van der Waals surface area (Å²) < 4.78 is 11.9. The van der Waals surface area contributed by atoms with Crippen LogP contribution in [-0.4, -0.2) is 19.3 Å². The molecule has 0 bridgehead atoms. The van der Waals surface area contributed by atoms with Crippen LogP contribution >= 0.6 is 0 Å². The standard InChI is InChI=1S/C4H8FN/c5-4-1-2-6-3-4/h4,6H,1-3H2. The van der Waals surface area contributed by atoms with Crippen molar-refractivity contribution in [3.05, 3.63) is 0 Å². The number of hydrogen-bond donors (Lipinski definition) is 1. The lowest BCUT2D eigenvalue weighted by Crippen LogP contribution is -2.08. The van der Waals surface area contributed by atoms with Gasteiger partial charge in [-0.3, -0.25) is 0 Å². The van der Waals surface area contributed by atoms with Crippen LogP contribution in [0.2, 0.25) is 0 Å². The molecule has 2 heteroatoms. The first-order valence-electron chi connectivity index (χ1n) is 2.24. The molecule has 0 aromatic heterocycles. The Morgan fingerprint density at radius 3 is 2.67 bits per heavy atom. The van der Waals surface area contributed by atoms with Crippen molar-refractivity contribution in [1.82, 2.24) is 5.32 Å². The van der Waals surface area contributed by atoms with E-state index in [-0.39, 0.29) is 0 Å². The fourth-order valence-electron chi connectivity index (χ4n) is 0.619. The highest BCUT2D eigenvalue weighted by atomic mass is 19.1. The van der Waals surface area contributed by atoms with Crippen LogP contribution in [0.4, 0.5) is 4.39 Å². The summed E-state index contributed by atoms with van der Waals surface area (Å²) in [6, 6.07) is 0. The van der Waals surface area contributed by atoms with Gasteiger partial charge in [-0.1, -0.05) is 0 Å². The number of hydrogen-bond acceptors (Lipinski definition) is 1. The summed E-state index contributed by atoms with van der Waals surface area (Å²) in [4.78, 5) is 0. The van der Waals surface area contributed by atoms with E-state index in [4.69, 9.17) is 0 Å². The van der Waals surface area contributed by atoms with Crippen molar-refractivity contribution in [2.24, 2.45) is 0 Å². The van der Waals surface area contributed by atoms with Crippen LogP contribution in [0.15, 0.2) is 0 Å². The van der Waals surface area contributed by atoms with Gasteiger partial charge >= 0.3 is 0 Å². The Labute approximate surface area is 36.5 Å². The Balaban J connectivity index is 2.18. The third-order valence-corrected chi connectivity index (χ3v) is 1.00. The second kappa shape index (κ2) is 1.56. The summed E-state index contributed by atoms with van der Waals surface area (Å²) in [6.45, 7) is 1.43. The molecule has 0 spiro atoms. The highest BCUT2D eigenvalue weighted by Gasteiger charge is 2.10. The smallest absolute Gasteiger partial charge is 0.114 e. The number of alkyl halides is 1. The molecule has 1 rings (SSSR count). The summed E-state index contributed by atoms with van der Waals surface area (Å²) in [5.74, 6) is 0. The maximum Gasteiger partial charge on any atom is 0.114 e. The first kappa shape index (κ1) is 4.06. The zero-order valence-corrected chi connectivity index (χ0v) is 3.58. The van der Waals surface area contributed by atoms with Crippen molar-refractivity contribution >= 4 is 0 Å². The summed E-state index contributed by atoms with van der Waals surface area (Å²) in [5.41, 5.74) is 0. The Morgan fingerprint density at radius 2 is 2.50 bits per heavy atom. The molecule has 0 aromatic rings. The van der Waals surface area contributed by atoms with Crippen molar-refractivity contribution in [2.45, 2.75) is 12.6 Å². The van der Waals surface area contributed by atoms with Gasteiger partial charge in [0.15, 0.2) is 0 Å². The average Bonchev–Trinajstić information content (AvgIpc) is 1.86. The highest BCUT2D eigenvalue weighted by molar-refractivity contribution is 4.68. The van der Waals surface area contributed by atoms with Crippen LogP contribution in [0.25, 0.3) is 0 Å². The second-order valence-corrected chi connectivity index (χ2v) is 1.59. The largest absolute Gasteiger partial charge is 0.314 e. The molecule has 0 amide bonds. The molecule has 1 atom stereocenters. The maximum atomic E-state index is 11.9. The van der Waals surface area contributed by atoms with Crippen LogP contribution in [0, 0.1) is 0 Å². The summed E-state index contributed by atoms with van der Waals surface area (Å²) in [5, 5.41) is 2.90. The van der Waals surface area contributed by atoms with Crippen LogP contribution in [-0.2, 0) is 0 Å². The van der Waals surface area contributed by atoms with Gasteiger partial charge in [0, 0.05) is 6.54 Å². The lowest BCUT2D eigenvalue weighted by Gasteiger charge is -1.86. The van der Waals surface area contributed by atoms with Crippen molar-refractivity contribution in [3.8, 4) is 0 Å². The molecule has 6 heavy (non-hydrogen) atoms. The molecule has 36 valence electrons. The predicted octanol–water partition coefficient (Wildman–Crippen LogP) is 0.318. The molecule has 1 saturated heterocycles. The first-order valence-corrected chi connectivity index (χ1v) is 2.24. The summed E-state index contributed by atoms with van der Waals surface area (Å²) >= 11 is 0. The third kappa shape index (κ3) is 0.684. The molecule has 1 nitrogen and oxygen atoms in total. The fraction of sp³-hybridized carbons (Fsp3) is 1.00. The van der Waals surface area contributed by atoms with Crippen molar-refractivity contribution in [1.29, 1.82) is 0 Å². The lowest BCUT2D eigenvalue weighted by molar-refractivity contribution is 0.361. The van der Waals surface area contributed by atoms with Gasteiger partial charge in [0.25, 0.3) is 0 Å². The highest BCUT2D eigenvalue weighted by Crippen LogP contribution is 1.99. The Hall–Kier alpha value is -0.110. The monoisotopic (exact) mass is 89.1 g/mol. The van der Waals surface area contributed by atoms with Crippen molar-refractivity contribution < 1.29 is 4.39 Å². The van der Waals surface area contributed by atoms with Crippen LogP contribution in [0.3, 0.4) is 0 Å². The van der Waals surface area contributed by atoms with Crippen molar-refractivity contribution in [3.63, 3.8) is 0 Å². The number of rotatable bonds is 0. The molecule has 1 fully saturated rings. The molecule has 1 unspecified atom stereocenters. The normalized spacial score (nSPS) is 34.5. The van der Waals surface area contributed by atoms with E-state index in [1.807, 2.05) is 0 Å². The Morgan fingerprint density at radius 1 is 1.67 bits per heavy atom. The summed E-state index contributed by atoms with van der Waals surface area (Å²) in [6.07, 6.45) is 0.144. The van der Waals surface area contributed by atoms with E-state index in [1.54, 1.807) is 0 Å². The van der Waals surface area contributed by atoms with E-state index < -0.39 is 6.17 Å². The van der Waals surface area contributed by atoms with E-state index in [2.05, 4.69) is 5.32 Å². The van der Waals surface area contributed by atoms with Crippen LogP contribution in [0.1, 0.15) is 6.42 Å². The van der Waals surface area contributed by atoms with Gasteiger partial charge in [-0.05, 0) is 13.0 Å². The van der Waals surface area contributed by atoms with E-state index >= 15 is 0 Å². The second-order valence-electron chi connectivity index (χ2n) is 1.59. The third-order valence-electron chi connectivity index (χ3n) is 1.00. The van der Waals surface area contributed by atoms with E-state index in [1.165, 1.54) is 0 Å². The molecule has 1 aliphatic rings. The van der Waals surface area contributed by atoms with Crippen molar-refractivity contribution in [2.75, 3.05) is 13.1 Å². The minimum Gasteiger partial charge on any atom is -0.314 e. The molecule has 0 saturated carbocycles. The molecular weight excluding hydrogens is 81.0 g/mol. The average molecular weight is 89.1 g/mol. The van der Waals surface area contributed by atoms with Gasteiger partial charge in [0.05, 0.1) is 0 Å². The molecule has 0 radical (unpaired) electrons. The van der Waals surface area contributed by atoms with E-state index in [0.29, 0.717) is 13.0 Å². The maximum absolute atomic E-state index is 11.9. The van der Waals surface area contributed by atoms with Gasteiger partial charge < -0.3 is 5.32 Å². The summed E-state index contributed by atoms with van der Waals surface area (Å²) in [7, 11) is 0. The van der Waals surface area contributed by atoms with Gasteiger partial charge in [-0.25, -0.2) is 4.39 Å². The molecular formula is C4H8FN. The van der Waals surface area contributed by atoms with Gasteiger partial charge in [-0.2, -0.15) is 0 Å². The van der Waals surface area contributed by atoms with Gasteiger partial charge in [-0.15, -0.1) is 0 Å². The minimum absolute atomic E-state index is 0.565. The van der Waals surface area contributed by atoms with Gasteiger partial charge in [0.1, 0.15) is 6.17 Å². The topological polar surface area (TPSA) is 12.0 Å². The SMILES string of the molecule is FC1CCNC1. The van der Waals surface area contributed by atoms with E-state index in [9.17, 15) is 4.39 Å². The Bertz CT molecular complexity index is 40.8. The first-order chi connectivity index (χ1) is 2.89. The van der Waals surface area contributed by atoms with Crippen LogP contribution < -0.4 is 5.32 Å². The zero-order chi connectivity index (χ0) is 4.41. The molecule has 1 N–H and O–H groups in total.